The minimum absolute atomic E-state index is 0.0321. The number of hydrogen-bond acceptors (Lipinski definition) is 1. The molecular weight excluding hydrogens is 380 g/mol. The molecule has 0 amide bonds. The molecule has 0 bridgehead atoms. The van der Waals surface area contributed by atoms with Crippen molar-refractivity contribution in [2.75, 3.05) is 0 Å². The van der Waals surface area contributed by atoms with E-state index in [1.54, 1.807) is 0 Å². The molecule has 0 heterocycles. The van der Waals surface area contributed by atoms with Crippen LogP contribution in [0.4, 0.5) is 0 Å². The maximum atomic E-state index is 6.24. The van der Waals surface area contributed by atoms with Gasteiger partial charge in [-0.3, -0.25) is 0 Å². The molecule has 0 fully saturated rings. The first-order valence-electron chi connectivity index (χ1n) is 5.52. The molecule has 0 aliphatic carbocycles. The van der Waals surface area contributed by atoms with Crippen molar-refractivity contribution >= 4 is 45.8 Å². The minimum atomic E-state index is -0.0321. The molecule has 1 atom stereocenters. The van der Waals surface area contributed by atoms with Crippen molar-refractivity contribution in [3.63, 3.8) is 0 Å². The standard InChI is InChI=1S/C14H12Cl2IN/c15-11-6-5-9(7-12(11)16)8-14(18)10-3-1-2-4-13(10)17/h1-7,14H,8,18H2. The number of benzene rings is 2. The van der Waals surface area contributed by atoms with Gasteiger partial charge in [-0.25, -0.2) is 0 Å². The molecule has 2 aromatic rings. The molecule has 1 unspecified atom stereocenters. The predicted molar refractivity (Wildman–Crippen MR) is 86.3 cm³/mol. The summed E-state index contributed by atoms with van der Waals surface area (Å²) in [6.45, 7) is 0. The van der Waals surface area contributed by atoms with Crippen molar-refractivity contribution in [3.05, 3.63) is 67.2 Å². The zero-order chi connectivity index (χ0) is 13.1. The van der Waals surface area contributed by atoms with E-state index in [4.69, 9.17) is 28.9 Å². The highest BCUT2D eigenvalue weighted by molar-refractivity contribution is 14.1. The van der Waals surface area contributed by atoms with E-state index in [0.717, 1.165) is 17.5 Å². The van der Waals surface area contributed by atoms with Crippen LogP contribution >= 0.6 is 45.8 Å². The Morgan fingerprint density at radius 3 is 2.44 bits per heavy atom. The van der Waals surface area contributed by atoms with Crippen molar-refractivity contribution in [3.8, 4) is 0 Å². The second kappa shape index (κ2) is 6.24. The SMILES string of the molecule is NC(Cc1ccc(Cl)c(Cl)c1)c1ccccc1I. The lowest BCUT2D eigenvalue weighted by Crippen LogP contribution is -2.14. The lowest BCUT2D eigenvalue weighted by molar-refractivity contribution is 0.718. The first kappa shape index (κ1) is 14.1. The molecule has 1 nitrogen and oxygen atoms in total. The van der Waals surface area contributed by atoms with Crippen LogP contribution in [0.1, 0.15) is 17.2 Å². The average Bonchev–Trinajstić information content (AvgIpc) is 2.34. The molecule has 0 saturated carbocycles. The van der Waals surface area contributed by atoms with Gasteiger partial charge in [0.25, 0.3) is 0 Å². The fraction of sp³-hybridized carbons (Fsp3) is 0.143. The van der Waals surface area contributed by atoms with Gasteiger partial charge in [0, 0.05) is 9.61 Å². The summed E-state index contributed by atoms with van der Waals surface area (Å²) in [7, 11) is 0. The summed E-state index contributed by atoms with van der Waals surface area (Å²) in [5.41, 5.74) is 8.49. The van der Waals surface area contributed by atoms with Crippen LogP contribution in [0.25, 0.3) is 0 Å². The van der Waals surface area contributed by atoms with Crippen molar-refractivity contribution in [2.24, 2.45) is 5.73 Å². The summed E-state index contributed by atoms with van der Waals surface area (Å²) in [6, 6.07) is 13.7. The fourth-order valence-corrected chi connectivity index (χ4v) is 2.91. The van der Waals surface area contributed by atoms with Crippen LogP contribution in [0.2, 0.25) is 10.0 Å². The Kier molecular flexibility index (Phi) is 4.90. The monoisotopic (exact) mass is 391 g/mol. The third kappa shape index (κ3) is 3.38. The van der Waals surface area contributed by atoms with E-state index in [0.29, 0.717) is 10.0 Å². The summed E-state index contributed by atoms with van der Waals surface area (Å²) in [6.07, 6.45) is 0.747. The molecule has 0 saturated heterocycles. The summed E-state index contributed by atoms with van der Waals surface area (Å²) >= 11 is 14.2. The molecule has 94 valence electrons. The molecule has 2 rings (SSSR count). The minimum Gasteiger partial charge on any atom is -0.324 e. The molecule has 18 heavy (non-hydrogen) atoms. The summed E-state index contributed by atoms with van der Waals surface area (Å²) in [4.78, 5) is 0. The lowest BCUT2D eigenvalue weighted by atomic mass is 10.00. The summed E-state index contributed by atoms with van der Waals surface area (Å²) in [5, 5.41) is 1.15. The van der Waals surface area contributed by atoms with Crippen LogP contribution in [0.3, 0.4) is 0 Å². The molecular formula is C14H12Cl2IN. The smallest absolute Gasteiger partial charge is 0.0595 e. The van der Waals surface area contributed by atoms with Gasteiger partial charge in [-0.1, -0.05) is 47.5 Å². The van der Waals surface area contributed by atoms with E-state index in [1.165, 1.54) is 3.57 Å². The number of nitrogens with two attached hydrogens (primary N) is 1. The van der Waals surface area contributed by atoms with Gasteiger partial charge >= 0.3 is 0 Å². The maximum absolute atomic E-state index is 6.24. The number of hydrogen-bond donors (Lipinski definition) is 1. The molecule has 0 aliphatic heterocycles. The van der Waals surface area contributed by atoms with Crippen molar-refractivity contribution in [2.45, 2.75) is 12.5 Å². The molecule has 0 aliphatic rings. The van der Waals surface area contributed by atoms with Crippen LogP contribution in [-0.4, -0.2) is 0 Å². The fourth-order valence-electron chi connectivity index (χ4n) is 1.81. The Labute approximate surface area is 130 Å². The normalized spacial score (nSPS) is 12.4. The van der Waals surface area contributed by atoms with Gasteiger partial charge < -0.3 is 5.73 Å². The second-order valence-electron chi connectivity index (χ2n) is 4.08. The highest BCUT2D eigenvalue weighted by Crippen LogP contribution is 2.26. The van der Waals surface area contributed by atoms with Gasteiger partial charge in [0.05, 0.1) is 10.0 Å². The van der Waals surface area contributed by atoms with Crippen molar-refractivity contribution in [1.82, 2.24) is 0 Å². The van der Waals surface area contributed by atoms with E-state index < -0.39 is 0 Å². The van der Waals surface area contributed by atoms with Gasteiger partial charge in [0.1, 0.15) is 0 Å². The first-order chi connectivity index (χ1) is 8.58. The van der Waals surface area contributed by atoms with Gasteiger partial charge in [-0.2, -0.15) is 0 Å². The second-order valence-corrected chi connectivity index (χ2v) is 6.06. The molecule has 2 N–H and O–H groups in total. The quantitative estimate of drug-likeness (QED) is 0.744. The Morgan fingerprint density at radius 2 is 1.78 bits per heavy atom. The van der Waals surface area contributed by atoms with Crippen LogP contribution in [0, 0.1) is 3.57 Å². The van der Waals surface area contributed by atoms with Gasteiger partial charge in [0.2, 0.25) is 0 Å². The predicted octanol–water partition coefficient (Wildman–Crippen LogP) is 4.84. The highest BCUT2D eigenvalue weighted by atomic mass is 127. The van der Waals surface area contributed by atoms with Crippen LogP contribution in [-0.2, 0) is 6.42 Å². The Hall–Kier alpha value is -0.290. The lowest BCUT2D eigenvalue weighted by Gasteiger charge is -2.14. The number of halogens is 3. The molecule has 0 aromatic heterocycles. The van der Waals surface area contributed by atoms with Crippen LogP contribution in [0.5, 0.6) is 0 Å². The highest BCUT2D eigenvalue weighted by Gasteiger charge is 2.10. The van der Waals surface area contributed by atoms with Gasteiger partial charge in [0.15, 0.2) is 0 Å². The van der Waals surface area contributed by atoms with E-state index in [-0.39, 0.29) is 6.04 Å². The van der Waals surface area contributed by atoms with E-state index in [1.807, 2.05) is 30.3 Å². The van der Waals surface area contributed by atoms with Crippen LogP contribution < -0.4 is 5.73 Å². The zero-order valence-electron chi connectivity index (χ0n) is 9.54. The van der Waals surface area contributed by atoms with E-state index >= 15 is 0 Å². The van der Waals surface area contributed by atoms with E-state index in [9.17, 15) is 0 Å². The largest absolute Gasteiger partial charge is 0.324 e. The molecule has 2 aromatic carbocycles. The third-order valence-corrected chi connectivity index (χ3v) is 4.47. The summed E-state index contributed by atoms with van der Waals surface area (Å²) in [5.74, 6) is 0. The molecule has 0 spiro atoms. The van der Waals surface area contributed by atoms with E-state index in [2.05, 4.69) is 34.7 Å². The van der Waals surface area contributed by atoms with Gasteiger partial charge in [-0.05, 0) is 58.3 Å². The Bertz CT molecular complexity index is 557. The topological polar surface area (TPSA) is 26.0 Å². The third-order valence-electron chi connectivity index (χ3n) is 2.74. The first-order valence-corrected chi connectivity index (χ1v) is 7.35. The Morgan fingerprint density at radius 1 is 1.06 bits per heavy atom. The number of rotatable bonds is 3. The maximum Gasteiger partial charge on any atom is 0.0595 e. The molecule has 0 radical (unpaired) electrons. The van der Waals surface area contributed by atoms with Gasteiger partial charge in [-0.15, -0.1) is 0 Å². The summed E-state index contributed by atoms with van der Waals surface area (Å²) < 4.78 is 1.18. The molecule has 4 heteroatoms. The van der Waals surface area contributed by atoms with Crippen molar-refractivity contribution < 1.29 is 0 Å². The Balaban J connectivity index is 2.19. The zero-order valence-corrected chi connectivity index (χ0v) is 13.2. The van der Waals surface area contributed by atoms with Crippen molar-refractivity contribution in [1.29, 1.82) is 0 Å². The average molecular weight is 392 g/mol. The van der Waals surface area contributed by atoms with Crippen LogP contribution in [0.15, 0.2) is 42.5 Å².